The zero-order valence-electron chi connectivity index (χ0n) is 6.63. The van der Waals surface area contributed by atoms with Gasteiger partial charge in [0.1, 0.15) is 0 Å². The normalized spacial score (nSPS) is 8.91. The lowest BCUT2D eigenvalue weighted by Crippen LogP contribution is -2.25. The van der Waals surface area contributed by atoms with Crippen molar-refractivity contribution in [3.63, 3.8) is 0 Å². The largest absolute Gasteiger partial charge is 0.295 e. The Morgan fingerprint density at radius 2 is 1.64 bits per heavy atom. The van der Waals surface area contributed by atoms with Crippen molar-refractivity contribution in [1.29, 1.82) is 0 Å². The summed E-state index contributed by atoms with van der Waals surface area (Å²) >= 11 is 3.38. The molecule has 0 aliphatic carbocycles. The van der Waals surface area contributed by atoms with Crippen LogP contribution in [0.5, 0.6) is 0 Å². The third-order valence-electron chi connectivity index (χ3n) is 1.18. The summed E-state index contributed by atoms with van der Waals surface area (Å²) < 4.78 is 0. The fourth-order valence-corrected chi connectivity index (χ4v) is 1.24. The van der Waals surface area contributed by atoms with E-state index in [0.717, 1.165) is 25.0 Å². The Morgan fingerprint density at radius 1 is 1.18 bits per heavy atom. The summed E-state index contributed by atoms with van der Waals surface area (Å²) in [5, 5.41) is 1.01. The van der Waals surface area contributed by atoms with Crippen LogP contribution < -0.4 is 0 Å². The van der Waals surface area contributed by atoms with Crippen LogP contribution in [0.4, 0.5) is 0 Å². The molecule has 0 atom stereocenters. The summed E-state index contributed by atoms with van der Waals surface area (Å²) in [7, 11) is 0. The SMILES string of the molecule is Br.C=CCN(CC=C)CCBr. The summed E-state index contributed by atoms with van der Waals surface area (Å²) in [6.07, 6.45) is 3.82. The van der Waals surface area contributed by atoms with E-state index in [4.69, 9.17) is 0 Å². The molecule has 0 radical (unpaired) electrons. The van der Waals surface area contributed by atoms with Gasteiger partial charge in [0, 0.05) is 25.0 Å². The molecule has 0 saturated heterocycles. The highest BCUT2D eigenvalue weighted by atomic mass is 79.9. The molecule has 0 heterocycles. The number of rotatable bonds is 6. The van der Waals surface area contributed by atoms with E-state index < -0.39 is 0 Å². The second-order valence-electron chi connectivity index (χ2n) is 2.03. The summed E-state index contributed by atoms with van der Waals surface area (Å²) in [6.45, 7) is 10.3. The molecule has 1 nitrogen and oxygen atoms in total. The van der Waals surface area contributed by atoms with Crippen LogP contribution >= 0.6 is 32.9 Å². The molecule has 0 rings (SSSR count). The van der Waals surface area contributed by atoms with E-state index in [1.165, 1.54) is 0 Å². The van der Waals surface area contributed by atoms with Crippen molar-refractivity contribution in [3.05, 3.63) is 25.3 Å². The summed E-state index contributed by atoms with van der Waals surface area (Å²) in [5.41, 5.74) is 0. The Kier molecular flexibility index (Phi) is 13.2. The fraction of sp³-hybridized carbons (Fsp3) is 0.500. The number of hydrogen-bond acceptors (Lipinski definition) is 1. The third kappa shape index (κ3) is 8.30. The van der Waals surface area contributed by atoms with E-state index in [2.05, 4.69) is 34.0 Å². The van der Waals surface area contributed by atoms with Crippen molar-refractivity contribution in [2.45, 2.75) is 0 Å². The van der Waals surface area contributed by atoms with Gasteiger partial charge in [0.25, 0.3) is 0 Å². The van der Waals surface area contributed by atoms with Crippen LogP contribution in [-0.4, -0.2) is 29.9 Å². The molecule has 0 aliphatic heterocycles. The van der Waals surface area contributed by atoms with Crippen LogP contribution in [0, 0.1) is 0 Å². The van der Waals surface area contributed by atoms with Gasteiger partial charge in [0.15, 0.2) is 0 Å². The van der Waals surface area contributed by atoms with Gasteiger partial charge in [0.05, 0.1) is 0 Å². The second-order valence-corrected chi connectivity index (χ2v) is 2.82. The Labute approximate surface area is 88.1 Å². The van der Waals surface area contributed by atoms with Crippen LogP contribution in [0.3, 0.4) is 0 Å². The summed E-state index contributed by atoms with van der Waals surface area (Å²) in [5.74, 6) is 0. The van der Waals surface area contributed by atoms with Gasteiger partial charge in [-0.15, -0.1) is 30.1 Å². The van der Waals surface area contributed by atoms with E-state index in [9.17, 15) is 0 Å². The lowest BCUT2D eigenvalue weighted by Gasteiger charge is -2.16. The molecule has 0 aromatic carbocycles. The van der Waals surface area contributed by atoms with Crippen LogP contribution in [0.15, 0.2) is 25.3 Å². The molecule has 3 heteroatoms. The molecule has 0 N–H and O–H groups in total. The molecule has 0 saturated carbocycles. The summed E-state index contributed by atoms with van der Waals surface area (Å²) in [4.78, 5) is 2.26. The van der Waals surface area contributed by atoms with E-state index in [-0.39, 0.29) is 17.0 Å². The third-order valence-corrected chi connectivity index (χ3v) is 1.53. The van der Waals surface area contributed by atoms with Gasteiger partial charge in [-0.25, -0.2) is 0 Å². The zero-order valence-corrected chi connectivity index (χ0v) is 9.93. The maximum absolute atomic E-state index is 3.67. The van der Waals surface area contributed by atoms with Crippen molar-refractivity contribution in [2.75, 3.05) is 25.0 Å². The monoisotopic (exact) mass is 283 g/mol. The average Bonchev–Trinajstić information content (AvgIpc) is 1.90. The number of nitrogens with zero attached hydrogens (tertiary/aromatic N) is 1. The number of hydrogen-bond donors (Lipinski definition) is 0. The van der Waals surface area contributed by atoms with Crippen LogP contribution in [-0.2, 0) is 0 Å². The lowest BCUT2D eigenvalue weighted by molar-refractivity contribution is 0.359. The van der Waals surface area contributed by atoms with E-state index >= 15 is 0 Å². The van der Waals surface area contributed by atoms with Crippen molar-refractivity contribution in [3.8, 4) is 0 Å². The van der Waals surface area contributed by atoms with Gasteiger partial charge in [0.2, 0.25) is 0 Å². The standard InChI is InChI=1S/C8H14BrN.BrH/c1-3-6-10(7-4-2)8-5-9;/h3-4H,1-2,5-8H2;1H. The first kappa shape index (κ1) is 14.0. The molecule has 11 heavy (non-hydrogen) atoms. The first-order valence-electron chi connectivity index (χ1n) is 3.35. The first-order chi connectivity index (χ1) is 4.85. The van der Waals surface area contributed by atoms with Crippen molar-refractivity contribution in [2.24, 2.45) is 0 Å². The predicted octanol–water partition coefficient (Wildman–Crippen LogP) is 2.63. The second kappa shape index (κ2) is 10.4. The Morgan fingerprint density at radius 3 is 1.91 bits per heavy atom. The molecule has 0 unspecified atom stereocenters. The average molecular weight is 285 g/mol. The fourth-order valence-electron chi connectivity index (χ4n) is 0.742. The zero-order chi connectivity index (χ0) is 7.82. The molecule has 0 aliphatic rings. The topological polar surface area (TPSA) is 3.24 Å². The smallest absolute Gasteiger partial charge is 0.0164 e. The Hall–Kier alpha value is 0.400. The van der Waals surface area contributed by atoms with E-state index in [1.807, 2.05) is 12.2 Å². The van der Waals surface area contributed by atoms with Gasteiger partial charge < -0.3 is 0 Å². The first-order valence-corrected chi connectivity index (χ1v) is 4.47. The van der Waals surface area contributed by atoms with E-state index in [1.54, 1.807) is 0 Å². The van der Waals surface area contributed by atoms with Gasteiger partial charge >= 0.3 is 0 Å². The summed E-state index contributed by atoms with van der Waals surface area (Å²) in [6, 6.07) is 0. The Bertz CT molecular complexity index is 94.3. The quantitative estimate of drug-likeness (QED) is 0.535. The maximum atomic E-state index is 3.67. The molecular weight excluding hydrogens is 270 g/mol. The lowest BCUT2D eigenvalue weighted by atomic mass is 10.4. The number of halogens is 2. The molecule has 0 fully saturated rings. The van der Waals surface area contributed by atoms with Crippen molar-refractivity contribution < 1.29 is 0 Å². The number of alkyl halides is 1. The van der Waals surface area contributed by atoms with Crippen molar-refractivity contribution in [1.82, 2.24) is 4.90 Å². The van der Waals surface area contributed by atoms with Gasteiger partial charge in [-0.05, 0) is 0 Å². The molecule has 0 spiro atoms. The molecule has 0 aromatic rings. The van der Waals surface area contributed by atoms with Gasteiger partial charge in [-0.1, -0.05) is 28.1 Å². The maximum Gasteiger partial charge on any atom is 0.0164 e. The Balaban J connectivity index is 0. The minimum Gasteiger partial charge on any atom is -0.295 e. The highest BCUT2D eigenvalue weighted by Gasteiger charge is 1.96. The van der Waals surface area contributed by atoms with Gasteiger partial charge in [-0.2, -0.15) is 0 Å². The minimum atomic E-state index is 0. The van der Waals surface area contributed by atoms with Crippen LogP contribution in [0.1, 0.15) is 0 Å². The molecular formula is C8H15Br2N. The highest BCUT2D eigenvalue weighted by molar-refractivity contribution is 9.09. The van der Waals surface area contributed by atoms with Crippen LogP contribution in [0.2, 0.25) is 0 Å². The molecule has 0 amide bonds. The van der Waals surface area contributed by atoms with Crippen molar-refractivity contribution >= 4 is 32.9 Å². The minimum absolute atomic E-state index is 0. The predicted molar refractivity (Wildman–Crippen MR) is 61.0 cm³/mol. The van der Waals surface area contributed by atoms with Crippen LogP contribution in [0.25, 0.3) is 0 Å². The highest BCUT2D eigenvalue weighted by Crippen LogP contribution is 1.91. The van der Waals surface area contributed by atoms with Gasteiger partial charge in [-0.3, -0.25) is 4.90 Å². The molecule has 66 valence electrons. The molecule has 0 aromatic heterocycles. The van der Waals surface area contributed by atoms with E-state index in [0.29, 0.717) is 0 Å². The molecule has 0 bridgehead atoms.